The van der Waals surface area contributed by atoms with E-state index in [4.69, 9.17) is 5.11 Å². The van der Waals surface area contributed by atoms with Gasteiger partial charge in [-0.15, -0.1) is 0 Å². The van der Waals surface area contributed by atoms with Gasteiger partial charge < -0.3 is 10.0 Å². The highest BCUT2D eigenvalue weighted by Gasteiger charge is 2.34. The van der Waals surface area contributed by atoms with Crippen molar-refractivity contribution in [2.45, 2.75) is 46.0 Å². The van der Waals surface area contributed by atoms with E-state index >= 15 is 0 Å². The van der Waals surface area contributed by atoms with Crippen molar-refractivity contribution >= 4 is 5.97 Å². The molecule has 0 aromatic rings. The van der Waals surface area contributed by atoms with Crippen molar-refractivity contribution in [3.05, 3.63) is 0 Å². The van der Waals surface area contributed by atoms with Crippen molar-refractivity contribution in [1.82, 2.24) is 4.90 Å². The number of likely N-dealkylation sites (tertiary alicyclic amines) is 1. The minimum atomic E-state index is -0.615. The number of carboxylic acid groups (broad SMARTS) is 1. The molecule has 1 heterocycles. The van der Waals surface area contributed by atoms with Gasteiger partial charge in [-0.05, 0) is 37.1 Å². The lowest BCUT2D eigenvalue weighted by Crippen LogP contribution is -2.26. The van der Waals surface area contributed by atoms with Crippen molar-refractivity contribution in [2.75, 3.05) is 19.6 Å². The van der Waals surface area contributed by atoms with Crippen LogP contribution in [0, 0.1) is 23.7 Å². The molecule has 3 nitrogen and oxygen atoms in total. The van der Waals surface area contributed by atoms with Crippen LogP contribution in [0.3, 0.4) is 0 Å². The van der Waals surface area contributed by atoms with Gasteiger partial charge in [0.05, 0.1) is 5.92 Å². The monoisotopic (exact) mass is 253 g/mol. The summed E-state index contributed by atoms with van der Waals surface area (Å²) in [6, 6.07) is 0. The first kappa shape index (κ1) is 13.9. The predicted octanol–water partition coefficient (Wildman–Crippen LogP) is 2.86. The zero-order valence-electron chi connectivity index (χ0n) is 11.8. The summed E-state index contributed by atoms with van der Waals surface area (Å²) in [6.07, 6.45) is 6.82. The fourth-order valence-electron chi connectivity index (χ4n) is 3.76. The normalized spacial score (nSPS) is 37.9. The molecular formula is C15H27NO2. The largest absolute Gasteiger partial charge is 0.481 e. The lowest BCUT2D eigenvalue weighted by Gasteiger charge is -2.28. The Bertz CT molecular complexity index is 292. The summed E-state index contributed by atoms with van der Waals surface area (Å²) in [5.74, 6) is 1.33. The Morgan fingerprint density at radius 2 is 2.06 bits per heavy atom. The molecule has 1 N–H and O–H groups in total. The lowest BCUT2D eigenvalue weighted by molar-refractivity contribution is -0.142. The van der Waals surface area contributed by atoms with Crippen molar-refractivity contribution in [1.29, 1.82) is 0 Å². The molecule has 4 atom stereocenters. The molecule has 1 aliphatic carbocycles. The van der Waals surface area contributed by atoms with E-state index in [0.29, 0.717) is 5.92 Å². The van der Waals surface area contributed by atoms with E-state index in [1.807, 2.05) is 0 Å². The van der Waals surface area contributed by atoms with Gasteiger partial charge in [0, 0.05) is 13.1 Å². The van der Waals surface area contributed by atoms with E-state index in [0.717, 1.165) is 31.5 Å². The Morgan fingerprint density at radius 3 is 2.67 bits per heavy atom. The summed E-state index contributed by atoms with van der Waals surface area (Å²) in [4.78, 5) is 13.4. The molecule has 0 aromatic heterocycles. The highest BCUT2D eigenvalue weighted by atomic mass is 16.4. The summed E-state index contributed by atoms with van der Waals surface area (Å²) < 4.78 is 0. The Balaban J connectivity index is 1.73. The lowest BCUT2D eigenvalue weighted by atomic mass is 9.81. The fraction of sp³-hybridized carbons (Fsp3) is 0.933. The maximum Gasteiger partial charge on any atom is 0.308 e. The summed E-state index contributed by atoms with van der Waals surface area (Å²) in [6.45, 7) is 7.27. The van der Waals surface area contributed by atoms with Crippen LogP contribution in [0.2, 0.25) is 0 Å². The molecule has 2 unspecified atom stereocenters. The molecule has 0 bridgehead atoms. The van der Waals surface area contributed by atoms with Gasteiger partial charge in [-0.3, -0.25) is 4.79 Å². The van der Waals surface area contributed by atoms with E-state index in [9.17, 15) is 4.79 Å². The number of hydrogen-bond acceptors (Lipinski definition) is 2. The number of aliphatic carboxylic acids is 1. The minimum Gasteiger partial charge on any atom is -0.481 e. The van der Waals surface area contributed by atoms with Crippen LogP contribution < -0.4 is 0 Å². The first-order valence-corrected chi connectivity index (χ1v) is 7.51. The van der Waals surface area contributed by atoms with Crippen molar-refractivity contribution in [3.8, 4) is 0 Å². The third kappa shape index (κ3) is 3.47. The summed E-state index contributed by atoms with van der Waals surface area (Å²) in [5, 5.41) is 9.13. The first-order chi connectivity index (χ1) is 8.56. The topological polar surface area (TPSA) is 40.5 Å². The van der Waals surface area contributed by atoms with Crippen LogP contribution in [0.5, 0.6) is 0 Å². The van der Waals surface area contributed by atoms with Gasteiger partial charge in [0.2, 0.25) is 0 Å². The maximum absolute atomic E-state index is 11.1. The molecule has 0 spiro atoms. The Kier molecular flexibility index (Phi) is 4.66. The summed E-state index contributed by atoms with van der Waals surface area (Å²) in [7, 11) is 0. The molecule has 1 aliphatic heterocycles. The third-order valence-electron chi connectivity index (χ3n) is 4.90. The van der Waals surface area contributed by atoms with E-state index in [2.05, 4.69) is 18.7 Å². The standard InChI is InChI=1S/C15H27NO2/c1-11-4-3-5-13(8-11)6-7-16-9-12(2)14(10-16)15(17)18/h11-14H,3-10H2,1-2H3,(H,17,18)/t11?,12-,13?,14-/m1/s1. The second kappa shape index (κ2) is 6.05. The molecular weight excluding hydrogens is 226 g/mol. The van der Waals surface area contributed by atoms with Gasteiger partial charge in [0.1, 0.15) is 0 Å². The van der Waals surface area contributed by atoms with Crippen molar-refractivity contribution < 1.29 is 9.90 Å². The predicted molar refractivity (Wildman–Crippen MR) is 72.5 cm³/mol. The van der Waals surface area contributed by atoms with E-state index in [1.165, 1.54) is 32.1 Å². The number of carbonyl (C=O) groups is 1. The Morgan fingerprint density at radius 1 is 1.28 bits per heavy atom. The molecule has 0 radical (unpaired) electrons. The SMILES string of the molecule is CC1CCCC(CCN2C[C@@H](C)[C@H](C(=O)O)C2)C1. The number of hydrogen-bond donors (Lipinski definition) is 1. The molecule has 2 aliphatic rings. The van der Waals surface area contributed by atoms with Gasteiger partial charge in [-0.25, -0.2) is 0 Å². The van der Waals surface area contributed by atoms with Crippen LogP contribution in [0.1, 0.15) is 46.0 Å². The first-order valence-electron chi connectivity index (χ1n) is 7.51. The van der Waals surface area contributed by atoms with Crippen LogP contribution >= 0.6 is 0 Å². The molecule has 0 aromatic carbocycles. The van der Waals surface area contributed by atoms with Crippen LogP contribution in [0.4, 0.5) is 0 Å². The van der Waals surface area contributed by atoms with Gasteiger partial charge in [0.15, 0.2) is 0 Å². The highest BCUT2D eigenvalue weighted by Crippen LogP contribution is 2.31. The van der Waals surface area contributed by atoms with Crippen LogP contribution in [-0.4, -0.2) is 35.6 Å². The average molecular weight is 253 g/mol. The van der Waals surface area contributed by atoms with E-state index < -0.39 is 5.97 Å². The van der Waals surface area contributed by atoms with Gasteiger partial charge >= 0.3 is 5.97 Å². The Hall–Kier alpha value is -0.570. The quantitative estimate of drug-likeness (QED) is 0.837. The number of nitrogens with zero attached hydrogens (tertiary/aromatic N) is 1. The van der Waals surface area contributed by atoms with Crippen LogP contribution in [0.25, 0.3) is 0 Å². The second-order valence-corrected chi connectivity index (χ2v) is 6.61. The van der Waals surface area contributed by atoms with Crippen molar-refractivity contribution in [3.63, 3.8) is 0 Å². The average Bonchev–Trinajstić information content (AvgIpc) is 2.68. The van der Waals surface area contributed by atoms with Gasteiger partial charge in [-0.2, -0.15) is 0 Å². The third-order valence-corrected chi connectivity index (χ3v) is 4.90. The second-order valence-electron chi connectivity index (χ2n) is 6.61. The minimum absolute atomic E-state index is 0.143. The van der Waals surface area contributed by atoms with Crippen molar-refractivity contribution in [2.24, 2.45) is 23.7 Å². The van der Waals surface area contributed by atoms with Crippen LogP contribution in [-0.2, 0) is 4.79 Å². The summed E-state index contributed by atoms with van der Waals surface area (Å²) >= 11 is 0. The summed E-state index contributed by atoms with van der Waals surface area (Å²) in [5.41, 5.74) is 0. The molecule has 1 saturated heterocycles. The number of carboxylic acids is 1. The molecule has 1 saturated carbocycles. The molecule has 3 heteroatoms. The zero-order valence-corrected chi connectivity index (χ0v) is 11.8. The molecule has 2 fully saturated rings. The highest BCUT2D eigenvalue weighted by molar-refractivity contribution is 5.71. The number of rotatable bonds is 4. The Labute approximate surface area is 111 Å². The fourth-order valence-corrected chi connectivity index (χ4v) is 3.76. The zero-order chi connectivity index (χ0) is 13.1. The van der Waals surface area contributed by atoms with Gasteiger partial charge in [0.25, 0.3) is 0 Å². The molecule has 0 amide bonds. The molecule has 2 rings (SSSR count). The molecule has 18 heavy (non-hydrogen) atoms. The van der Waals surface area contributed by atoms with Crippen LogP contribution in [0.15, 0.2) is 0 Å². The molecule has 104 valence electrons. The van der Waals surface area contributed by atoms with Gasteiger partial charge in [-0.1, -0.05) is 33.1 Å². The smallest absolute Gasteiger partial charge is 0.308 e. The maximum atomic E-state index is 11.1. The van der Waals surface area contributed by atoms with E-state index in [1.54, 1.807) is 0 Å². The van der Waals surface area contributed by atoms with E-state index in [-0.39, 0.29) is 5.92 Å².